The second-order valence-corrected chi connectivity index (χ2v) is 3.32. The average Bonchev–Trinajstić information content (AvgIpc) is 1.79. The standard InChI is InChI=1S/C8H16N/c1-7(2)6-9-5-4-8(9)3/h8H,4-6H2,1-3H3/t8-/m0/s1. The minimum Gasteiger partial charge on any atom is -0.300 e. The van der Waals surface area contributed by atoms with E-state index in [4.69, 9.17) is 0 Å². The first kappa shape index (κ1) is 7.07. The Morgan fingerprint density at radius 2 is 2.22 bits per heavy atom. The van der Waals surface area contributed by atoms with Crippen molar-refractivity contribution in [3.05, 3.63) is 5.92 Å². The molecule has 1 nitrogen and oxygen atoms in total. The van der Waals surface area contributed by atoms with Gasteiger partial charge in [-0.25, -0.2) is 0 Å². The van der Waals surface area contributed by atoms with E-state index in [1.165, 1.54) is 25.4 Å². The van der Waals surface area contributed by atoms with E-state index in [0.717, 1.165) is 6.04 Å². The Bertz CT molecular complexity index is 88.6. The van der Waals surface area contributed by atoms with Crippen LogP contribution in [0, 0.1) is 5.92 Å². The fraction of sp³-hybridized carbons (Fsp3) is 0.875. The van der Waals surface area contributed by atoms with E-state index in [2.05, 4.69) is 25.7 Å². The maximum Gasteiger partial charge on any atom is 0.00793 e. The Morgan fingerprint density at radius 1 is 1.56 bits per heavy atom. The van der Waals surface area contributed by atoms with E-state index in [9.17, 15) is 0 Å². The summed E-state index contributed by atoms with van der Waals surface area (Å²) >= 11 is 0. The van der Waals surface area contributed by atoms with E-state index < -0.39 is 0 Å². The molecule has 0 bridgehead atoms. The molecule has 1 saturated heterocycles. The third-order valence-corrected chi connectivity index (χ3v) is 1.98. The lowest BCUT2D eigenvalue weighted by Crippen LogP contribution is -2.46. The maximum absolute atomic E-state index is 2.51. The van der Waals surface area contributed by atoms with Gasteiger partial charge in [0.25, 0.3) is 0 Å². The Kier molecular flexibility index (Phi) is 2.12. The summed E-state index contributed by atoms with van der Waals surface area (Å²) in [5.74, 6) is 1.53. The topological polar surface area (TPSA) is 3.24 Å². The van der Waals surface area contributed by atoms with Gasteiger partial charge in [0.05, 0.1) is 0 Å². The highest BCUT2D eigenvalue weighted by molar-refractivity contribution is 4.88. The van der Waals surface area contributed by atoms with Crippen molar-refractivity contribution in [2.75, 3.05) is 13.1 Å². The summed E-state index contributed by atoms with van der Waals surface area (Å²) in [4.78, 5) is 2.51. The van der Waals surface area contributed by atoms with Crippen molar-refractivity contribution in [2.24, 2.45) is 0 Å². The van der Waals surface area contributed by atoms with Crippen LogP contribution in [0.4, 0.5) is 0 Å². The third kappa shape index (κ3) is 1.68. The molecular weight excluding hydrogens is 110 g/mol. The number of rotatable bonds is 2. The number of hydrogen-bond acceptors (Lipinski definition) is 1. The monoisotopic (exact) mass is 126 g/mol. The molecule has 9 heavy (non-hydrogen) atoms. The highest BCUT2D eigenvalue weighted by Gasteiger charge is 2.23. The third-order valence-electron chi connectivity index (χ3n) is 1.98. The van der Waals surface area contributed by atoms with Crippen molar-refractivity contribution in [3.8, 4) is 0 Å². The molecule has 0 N–H and O–H groups in total. The van der Waals surface area contributed by atoms with Gasteiger partial charge < -0.3 is 4.90 Å². The SMILES string of the molecule is C[C](C)CN1CC[C@@H]1C. The van der Waals surface area contributed by atoms with E-state index in [1.807, 2.05) is 0 Å². The fourth-order valence-corrected chi connectivity index (χ4v) is 1.21. The maximum atomic E-state index is 2.51. The predicted octanol–water partition coefficient (Wildman–Crippen LogP) is 1.69. The molecule has 1 heteroatoms. The average molecular weight is 126 g/mol. The van der Waals surface area contributed by atoms with Gasteiger partial charge in [0.1, 0.15) is 0 Å². The summed E-state index contributed by atoms with van der Waals surface area (Å²) in [6.45, 7) is 9.22. The second-order valence-electron chi connectivity index (χ2n) is 3.32. The van der Waals surface area contributed by atoms with Crippen LogP contribution in [-0.2, 0) is 0 Å². The zero-order valence-corrected chi connectivity index (χ0v) is 6.65. The first-order valence-corrected chi connectivity index (χ1v) is 3.73. The molecular formula is C8H16N. The molecule has 1 rings (SSSR count). The molecule has 1 fully saturated rings. The smallest absolute Gasteiger partial charge is 0.00793 e. The van der Waals surface area contributed by atoms with Crippen LogP contribution in [0.25, 0.3) is 0 Å². The van der Waals surface area contributed by atoms with Gasteiger partial charge in [-0.3, -0.25) is 0 Å². The molecule has 1 radical (unpaired) electrons. The first-order valence-electron chi connectivity index (χ1n) is 3.73. The molecule has 0 saturated carbocycles. The Hall–Kier alpha value is -0.0400. The highest BCUT2D eigenvalue weighted by Crippen LogP contribution is 2.17. The van der Waals surface area contributed by atoms with Crippen LogP contribution in [0.3, 0.4) is 0 Å². The van der Waals surface area contributed by atoms with Gasteiger partial charge in [-0.2, -0.15) is 0 Å². The van der Waals surface area contributed by atoms with Crippen molar-refractivity contribution < 1.29 is 0 Å². The molecule has 0 aliphatic carbocycles. The van der Waals surface area contributed by atoms with E-state index >= 15 is 0 Å². The van der Waals surface area contributed by atoms with Crippen LogP contribution in [-0.4, -0.2) is 24.0 Å². The van der Waals surface area contributed by atoms with Crippen molar-refractivity contribution in [1.29, 1.82) is 0 Å². The molecule has 0 aromatic carbocycles. The summed E-state index contributed by atoms with van der Waals surface area (Å²) < 4.78 is 0. The van der Waals surface area contributed by atoms with E-state index in [1.54, 1.807) is 0 Å². The van der Waals surface area contributed by atoms with E-state index in [0.29, 0.717) is 0 Å². The lowest BCUT2D eigenvalue weighted by Gasteiger charge is -2.39. The van der Waals surface area contributed by atoms with E-state index in [-0.39, 0.29) is 0 Å². The van der Waals surface area contributed by atoms with Gasteiger partial charge >= 0.3 is 0 Å². The van der Waals surface area contributed by atoms with Gasteiger partial charge in [-0.1, -0.05) is 13.8 Å². The number of nitrogens with zero attached hydrogens (tertiary/aromatic N) is 1. The Morgan fingerprint density at radius 3 is 2.33 bits per heavy atom. The quantitative estimate of drug-likeness (QED) is 0.544. The summed E-state index contributed by atoms with van der Waals surface area (Å²) in [6, 6.07) is 0.847. The zero-order chi connectivity index (χ0) is 6.85. The largest absolute Gasteiger partial charge is 0.300 e. The molecule has 0 aromatic rings. The molecule has 0 spiro atoms. The summed E-state index contributed by atoms with van der Waals surface area (Å²) in [5.41, 5.74) is 0. The zero-order valence-electron chi connectivity index (χ0n) is 6.65. The van der Waals surface area contributed by atoms with Crippen molar-refractivity contribution in [1.82, 2.24) is 4.90 Å². The fourth-order valence-electron chi connectivity index (χ4n) is 1.21. The van der Waals surface area contributed by atoms with Crippen LogP contribution >= 0.6 is 0 Å². The molecule has 1 heterocycles. The molecule has 0 aromatic heterocycles. The minimum atomic E-state index is 0.847. The normalized spacial score (nSPS) is 28.7. The van der Waals surface area contributed by atoms with Crippen LogP contribution in [0.1, 0.15) is 27.2 Å². The Balaban J connectivity index is 2.13. The van der Waals surface area contributed by atoms with Crippen LogP contribution < -0.4 is 0 Å². The Labute approximate surface area is 58.0 Å². The molecule has 1 aliphatic heterocycles. The molecule has 0 unspecified atom stereocenters. The number of likely N-dealkylation sites (tertiary alicyclic amines) is 1. The van der Waals surface area contributed by atoms with Crippen LogP contribution in [0.15, 0.2) is 0 Å². The van der Waals surface area contributed by atoms with Crippen molar-refractivity contribution in [2.45, 2.75) is 33.2 Å². The van der Waals surface area contributed by atoms with Crippen molar-refractivity contribution >= 4 is 0 Å². The first-order chi connectivity index (χ1) is 4.20. The summed E-state index contributed by atoms with van der Waals surface area (Å²) in [7, 11) is 0. The van der Waals surface area contributed by atoms with Gasteiger partial charge in [-0.05, 0) is 25.8 Å². The molecule has 0 amide bonds. The van der Waals surface area contributed by atoms with Gasteiger partial charge in [0.2, 0.25) is 0 Å². The highest BCUT2D eigenvalue weighted by atomic mass is 15.2. The lowest BCUT2D eigenvalue weighted by molar-refractivity contribution is 0.111. The van der Waals surface area contributed by atoms with Gasteiger partial charge in [-0.15, -0.1) is 0 Å². The molecule has 53 valence electrons. The predicted molar refractivity (Wildman–Crippen MR) is 40.2 cm³/mol. The summed E-state index contributed by atoms with van der Waals surface area (Å²) in [6.07, 6.45) is 1.40. The minimum absolute atomic E-state index is 0.847. The molecule has 1 aliphatic rings. The molecule has 1 atom stereocenters. The van der Waals surface area contributed by atoms with Crippen LogP contribution in [0.2, 0.25) is 0 Å². The number of hydrogen-bond donors (Lipinski definition) is 0. The van der Waals surface area contributed by atoms with Gasteiger partial charge in [0, 0.05) is 12.6 Å². The van der Waals surface area contributed by atoms with Gasteiger partial charge in [0.15, 0.2) is 0 Å². The summed E-state index contributed by atoms with van der Waals surface area (Å²) in [5, 5.41) is 0. The second kappa shape index (κ2) is 2.70. The van der Waals surface area contributed by atoms with Crippen molar-refractivity contribution in [3.63, 3.8) is 0 Å². The lowest BCUT2D eigenvalue weighted by atomic mass is 10.0. The van der Waals surface area contributed by atoms with Crippen LogP contribution in [0.5, 0.6) is 0 Å².